The highest BCUT2D eigenvalue weighted by atomic mass is 127. The van der Waals surface area contributed by atoms with Gasteiger partial charge in [0, 0.05) is 28.8 Å². The molecular weight excluding hydrogens is 325 g/mol. The first-order valence-corrected chi connectivity index (χ1v) is 6.39. The molecule has 84 valence electrons. The minimum absolute atomic E-state index is 0.880. The molecule has 0 N–H and O–H groups in total. The molecule has 0 bridgehead atoms. The Morgan fingerprint density at radius 3 is 2.41 bits per heavy atom. The fourth-order valence-corrected chi connectivity index (χ4v) is 2.27. The van der Waals surface area contributed by atoms with Crippen molar-refractivity contribution in [2.24, 2.45) is 0 Å². The maximum Gasteiger partial charge on any atom is 0.198 e. The molecule has 0 aliphatic carbocycles. The largest absolute Gasteiger partial charge is 0.277 e. The number of aromatic nitrogens is 3. The summed E-state index contributed by atoms with van der Waals surface area (Å²) in [5.74, 6) is 0. The predicted molar refractivity (Wildman–Crippen MR) is 75.9 cm³/mol. The molecule has 0 aliphatic heterocycles. The number of benzene rings is 1. The summed E-state index contributed by atoms with van der Waals surface area (Å²) >= 11 is 2.18. The predicted octanol–water partition coefficient (Wildman–Crippen LogP) is 3.31. The third-order valence-electron chi connectivity index (χ3n) is 2.75. The number of hydrogen-bond donors (Lipinski definition) is 0. The zero-order valence-corrected chi connectivity index (χ0v) is 11.4. The van der Waals surface area contributed by atoms with Crippen molar-refractivity contribution >= 4 is 28.2 Å². The summed E-state index contributed by atoms with van der Waals surface area (Å²) < 4.78 is 2.88. The van der Waals surface area contributed by atoms with Gasteiger partial charge >= 0.3 is 0 Å². The van der Waals surface area contributed by atoms with E-state index in [1.165, 1.54) is 16.7 Å². The maximum atomic E-state index is 4.07. The van der Waals surface area contributed by atoms with Gasteiger partial charge in [-0.2, -0.15) is 0 Å². The summed E-state index contributed by atoms with van der Waals surface area (Å²) in [6, 6.07) is 12.6. The van der Waals surface area contributed by atoms with E-state index in [0.717, 1.165) is 9.48 Å². The summed E-state index contributed by atoms with van der Waals surface area (Å²) in [7, 11) is 0. The van der Waals surface area contributed by atoms with Gasteiger partial charge in [-0.25, -0.2) is 0 Å². The summed E-state index contributed by atoms with van der Waals surface area (Å²) in [6.07, 6.45) is 2.07. The highest BCUT2D eigenvalue weighted by molar-refractivity contribution is 14.1. The Morgan fingerprint density at radius 2 is 1.65 bits per heavy atom. The average molecular weight is 335 g/mol. The Bertz CT molecular complexity index is 671. The van der Waals surface area contributed by atoms with E-state index >= 15 is 0 Å². The molecule has 0 unspecified atom stereocenters. The highest BCUT2D eigenvalue weighted by Gasteiger charge is 2.04. The number of rotatable bonds is 1. The van der Waals surface area contributed by atoms with Gasteiger partial charge < -0.3 is 0 Å². The Kier molecular flexibility index (Phi) is 2.58. The molecule has 0 saturated heterocycles. The Labute approximate surface area is 113 Å². The maximum absolute atomic E-state index is 4.07. The molecule has 17 heavy (non-hydrogen) atoms. The number of aryl methyl sites for hydroxylation is 1. The van der Waals surface area contributed by atoms with Gasteiger partial charge in [-0.1, -0.05) is 29.8 Å². The number of halogens is 1. The van der Waals surface area contributed by atoms with E-state index in [1.54, 1.807) is 0 Å². The summed E-state index contributed by atoms with van der Waals surface area (Å²) in [5.41, 5.74) is 4.54. The van der Waals surface area contributed by atoms with Crippen LogP contribution in [0.1, 0.15) is 5.56 Å². The van der Waals surface area contributed by atoms with E-state index < -0.39 is 0 Å². The quantitative estimate of drug-likeness (QED) is 0.639. The van der Waals surface area contributed by atoms with Gasteiger partial charge in [-0.15, -0.1) is 10.2 Å². The van der Waals surface area contributed by atoms with Gasteiger partial charge in [0.2, 0.25) is 0 Å². The van der Waals surface area contributed by atoms with Crippen molar-refractivity contribution in [2.75, 3.05) is 0 Å². The van der Waals surface area contributed by atoms with Crippen LogP contribution in [0.15, 0.2) is 42.6 Å². The Morgan fingerprint density at radius 1 is 0.941 bits per heavy atom. The van der Waals surface area contributed by atoms with E-state index in [9.17, 15) is 0 Å². The van der Waals surface area contributed by atoms with Crippen LogP contribution in [-0.4, -0.2) is 14.6 Å². The van der Waals surface area contributed by atoms with Gasteiger partial charge in [-0.3, -0.25) is 4.40 Å². The summed E-state index contributed by atoms with van der Waals surface area (Å²) in [6.45, 7) is 2.09. The van der Waals surface area contributed by atoms with Gasteiger partial charge in [0.15, 0.2) is 9.48 Å². The fraction of sp³-hybridized carbons (Fsp3) is 0.0769. The van der Waals surface area contributed by atoms with E-state index in [0.29, 0.717) is 0 Å². The standard InChI is InChI=1S/C13H10IN3/c1-9-2-4-10(5-3-9)11-6-7-12-15-16-13(14)17(12)8-11/h2-8H,1H3. The van der Waals surface area contributed by atoms with Crippen LogP contribution in [-0.2, 0) is 0 Å². The molecule has 4 heteroatoms. The Balaban J connectivity index is 2.17. The number of pyridine rings is 1. The normalized spacial score (nSPS) is 10.9. The van der Waals surface area contributed by atoms with Crippen molar-refractivity contribution in [3.05, 3.63) is 52.0 Å². The molecule has 3 aromatic rings. The van der Waals surface area contributed by atoms with Crippen molar-refractivity contribution in [1.29, 1.82) is 0 Å². The van der Waals surface area contributed by atoms with Crippen molar-refractivity contribution < 1.29 is 0 Å². The van der Waals surface area contributed by atoms with Crippen LogP contribution in [0.3, 0.4) is 0 Å². The van der Waals surface area contributed by atoms with Gasteiger partial charge in [0.05, 0.1) is 0 Å². The lowest BCUT2D eigenvalue weighted by Crippen LogP contribution is -1.89. The van der Waals surface area contributed by atoms with Gasteiger partial charge in [-0.05, 0) is 30.2 Å². The number of nitrogens with zero attached hydrogens (tertiary/aromatic N) is 3. The van der Waals surface area contributed by atoms with Gasteiger partial charge in [0.25, 0.3) is 0 Å². The molecular formula is C13H10IN3. The average Bonchev–Trinajstić information content (AvgIpc) is 2.72. The van der Waals surface area contributed by atoms with Gasteiger partial charge in [0.1, 0.15) is 0 Å². The molecule has 0 spiro atoms. The second-order valence-corrected chi connectivity index (χ2v) is 4.95. The van der Waals surface area contributed by atoms with E-state index in [1.807, 2.05) is 10.5 Å². The van der Waals surface area contributed by atoms with Crippen molar-refractivity contribution in [2.45, 2.75) is 6.92 Å². The molecule has 3 rings (SSSR count). The van der Waals surface area contributed by atoms with Crippen molar-refractivity contribution in [3.63, 3.8) is 0 Å². The minimum Gasteiger partial charge on any atom is -0.277 e. The van der Waals surface area contributed by atoms with E-state index in [-0.39, 0.29) is 0 Å². The van der Waals surface area contributed by atoms with Crippen LogP contribution in [0.2, 0.25) is 0 Å². The molecule has 0 atom stereocenters. The number of hydrogen-bond acceptors (Lipinski definition) is 2. The zero-order valence-electron chi connectivity index (χ0n) is 9.26. The molecule has 2 heterocycles. The first-order chi connectivity index (χ1) is 8.24. The fourth-order valence-electron chi connectivity index (χ4n) is 1.78. The second kappa shape index (κ2) is 4.10. The van der Waals surface area contributed by atoms with Crippen LogP contribution < -0.4 is 0 Å². The third kappa shape index (κ3) is 1.93. The lowest BCUT2D eigenvalue weighted by atomic mass is 10.1. The summed E-state index contributed by atoms with van der Waals surface area (Å²) in [5, 5.41) is 8.12. The molecule has 0 saturated carbocycles. The van der Waals surface area contributed by atoms with Crippen LogP contribution in [0.5, 0.6) is 0 Å². The Hall–Kier alpha value is -1.43. The second-order valence-electron chi connectivity index (χ2n) is 3.98. The zero-order chi connectivity index (χ0) is 11.8. The minimum atomic E-state index is 0.880. The lowest BCUT2D eigenvalue weighted by molar-refractivity contribution is 1.05. The first-order valence-electron chi connectivity index (χ1n) is 5.31. The van der Waals surface area contributed by atoms with Crippen LogP contribution >= 0.6 is 22.6 Å². The van der Waals surface area contributed by atoms with Crippen LogP contribution in [0, 0.1) is 10.8 Å². The molecule has 2 aromatic heterocycles. The third-order valence-corrected chi connectivity index (χ3v) is 3.48. The topological polar surface area (TPSA) is 30.2 Å². The lowest BCUT2D eigenvalue weighted by Gasteiger charge is -2.03. The van der Waals surface area contributed by atoms with E-state index in [2.05, 4.69) is 76.2 Å². The smallest absolute Gasteiger partial charge is 0.198 e. The molecule has 0 amide bonds. The molecule has 1 aromatic carbocycles. The van der Waals surface area contributed by atoms with Crippen molar-refractivity contribution in [1.82, 2.24) is 14.6 Å². The SMILES string of the molecule is Cc1ccc(-c2ccc3nnc(I)n3c2)cc1. The molecule has 0 fully saturated rings. The van der Waals surface area contributed by atoms with Crippen molar-refractivity contribution in [3.8, 4) is 11.1 Å². The van der Waals surface area contributed by atoms with Crippen LogP contribution in [0.4, 0.5) is 0 Å². The first kappa shape index (κ1) is 10.7. The monoisotopic (exact) mass is 335 g/mol. The number of fused-ring (bicyclic) bond motifs is 1. The molecule has 3 nitrogen and oxygen atoms in total. The molecule has 0 radical (unpaired) electrons. The molecule has 0 aliphatic rings. The van der Waals surface area contributed by atoms with E-state index in [4.69, 9.17) is 0 Å². The van der Waals surface area contributed by atoms with Crippen LogP contribution in [0.25, 0.3) is 16.8 Å². The summed E-state index contributed by atoms with van der Waals surface area (Å²) in [4.78, 5) is 0. The highest BCUT2D eigenvalue weighted by Crippen LogP contribution is 2.20.